The van der Waals surface area contributed by atoms with Crippen molar-refractivity contribution in [2.75, 3.05) is 11.9 Å². The second kappa shape index (κ2) is 5.10. The van der Waals surface area contributed by atoms with Crippen LogP contribution in [-0.4, -0.2) is 6.54 Å². The molecule has 0 saturated heterocycles. The molecule has 0 heterocycles. The molecule has 0 fully saturated rings. The van der Waals surface area contributed by atoms with Crippen molar-refractivity contribution in [2.24, 2.45) is 0 Å². The Labute approximate surface area is 86.2 Å². The third kappa shape index (κ3) is 3.66. The molecule has 1 rings (SSSR count). The van der Waals surface area contributed by atoms with Gasteiger partial charge in [-0.3, -0.25) is 0 Å². The molecule has 0 aliphatic rings. The van der Waals surface area contributed by atoms with Crippen LogP contribution in [0.15, 0.2) is 34.8 Å². The average molecular weight is 220 g/mol. The second-order valence-electron chi connectivity index (χ2n) is 2.42. The maximum atomic E-state index is 12.7. The number of anilines is 1. The Kier molecular flexibility index (Phi) is 4.06. The largest absolute Gasteiger partial charge is 0.380 e. The van der Waals surface area contributed by atoms with Gasteiger partial charge in [-0.2, -0.15) is 0 Å². The Bertz CT molecular complexity index is 312. The minimum absolute atomic E-state index is 0.282. The molecule has 0 atom stereocenters. The SMILES string of the molecule is Fc1cccc(NC/C(Cl)=C/Cl)c1. The van der Waals surface area contributed by atoms with E-state index >= 15 is 0 Å². The van der Waals surface area contributed by atoms with Crippen molar-refractivity contribution >= 4 is 28.9 Å². The highest BCUT2D eigenvalue weighted by Gasteiger charge is 1.94. The summed E-state index contributed by atoms with van der Waals surface area (Å²) in [6, 6.07) is 6.14. The first-order valence-corrected chi connectivity index (χ1v) is 4.48. The van der Waals surface area contributed by atoms with E-state index in [1.165, 1.54) is 17.7 Å². The number of hydrogen-bond donors (Lipinski definition) is 1. The van der Waals surface area contributed by atoms with Crippen molar-refractivity contribution in [3.05, 3.63) is 40.7 Å². The molecular formula is C9H8Cl2FN. The van der Waals surface area contributed by atoms with E-state index in [1.807, 2.05) is 0 Å². The van der Waals surface area contributed by atoms with E-state index in [2.05, 4.69) is 5.32 Å². The summed E-state index contributed by atoms with van der Waals surface area (Å²) >= 11 is 11.0. The van der Waals surface area contributed by atoms with Crippen LogP contribution in [0.1, 0.15) is 0 Å². The van der Waals surface area contributed by atoms with Gasteiger partial charge in [0.05, 0.1) is 6.54 Å². The molecule has 0 bridgehead atoms. The first-order valence-electron chi connectivity index (χ1n) is 3.66. The third-order valence-electron chi connectivity index (χ3n) is 1.40. The van der Waals surface area contributed by atoms with Gasteiger partial charge in [-0.05, 0) is 18.2 Å². The molecule has 0 aliphatic heterocycles. The Morgan fingerprint density at radius 2 is 2.31 bits per heavy atom. The van der Waals surface area contributed by atoms with E-state index in [0.29, 0.717) is 17.3 Å². The van der Waals surface area contributed by atoms with Crippen LogP contribution in [-0.2, 0) is 0 Å². The lowest BCUT2D eigenvalue weighted by molar-refractivity contribution is 0.628. The maximum Gasteiger partial charge on any atom is 0.125 e. The zero-order chi connectivity index (χ0) is 9.68. The smallest absolute Gasteiger partial charge is 0.125 e. The van der Waals surface area contributed by atoms with Crippen molar-refractivity contribution < 1.29 is 4.39 Å². The second-order valence-corrected chi connectivity index (χ2v) is 3.12. The van der Waals surface area contributed by atoms with Crippen molar-refractivity contribution in [3.8, 4) is 0 Å². The van der Waals surface area contributed by atoms with Gasteiger partial charge in [0.25, 0.3) is 0 Å². The van der Waals surface area contributed by atoms with E-state index < -0.39 is 0 Å². The molecule has 4 heteroatoms. The van der Waals surface area contributed by atoms with Crippen LogP contribution in [0.25, 0.3) is 0 Å². The molecule has 0 unspecified atom stereocenters. The van der Waals surface area contributed by atoms with E-state index in [1.54, 1.807) is 12.1 Å². The van der Waals surface area contributed by atoms with Crippen LogP contribution in [0.4, 0.5) is 10.1 Å². The molecule has 0 spiro atoms. The lowest BCUT2D eigenvalue weighted by Crippen LogP contribution is -2.00. The quantitative estimate of drug-likeness (QED) is 0.821. The molecule has 0 radical (unpaired) electrons. The summed E-state index contributed by atoms with van der Waals surface area (Å²) in [5.74, 6) is -0.282. The molecule has 0 saturated carbocycles. The van der Waals surface area contributed by atoms with Crippen LogP contribution in [0.3, 0.4) is 0 Å². The Morgan fingerprint density at radius 1 is 1.54 bits per heavy atom. The predicted molar refractivity (Wildman–Crippen MR) is 54.7 cm³/mol. The highest BCUT2D eigenvalue weighted by Crippen LogP contribution is 2.11. The van der Waals surface area contributed by atoms with Crippen LogP contribution < -0.4 is 5.32 Å². The zero-order valence-electron chi connectivity index (χ0n) is 6.73. The van der Waals surface area contributed by atoms with Gasteiger partial charge in [0.1, 0.15) is 5.82 Å². The maximum absolute atomic E-state index is 12.7. The minimum Gasteiger partial charge on any atom is -0.380 e. The number of benzene rings is 1. The predicted octanol–water partition coefficient (Wildman–Crippen LogP) is 3.56. The monoisotopic (exact) mass is 219 g/mol. The van der Waals surface area contributed by atoms with E-state index in [4.69, 9.17) is 23.2 Å². The van der Waals surface area contributed by atoms with Gasteiger partial charge in [-0.15, -0.1) is 0 Å². The van der Waals surface area contributed by atoms with Crippen LogP contribution in [0.5, 0.6) is 0 Å². The van der Waals surface area contributed by atoms with Gasteiger partial charge in [0.2, 0.25) is 0 Å². The standard InChI is InChI=1S/C9H8Cl2FN/c10-5-7(11)6-13-9-3-1-2-8(12)4-9/h1-5,13H,6H2/b7-5-. The van der Waals surface area contributed by atoms with Crippen molar-refractivity contribution in [1.82, 2.24) is 0 Å². The van der Waals surface area contributed by atoms with E-state index in [0.717, 1.165) is 0 Å². The number of rotatable bonds is 3. The number of halogens is 3. The summed E-state index contributed by atoms with van der Waals surface area (Å²) in [6.45, 7) is 0.397. The van der Waals surface area contributed by atoms with Gasteiger partial charge in [-0.25, -0.2) is 4.39 Å². The average Bonchev–Trinajstić information content (AvgIpc) is 2.14. The highest BCUT2D eigenvalue weighted by atomic mass is 35.5. The fourth-order valence-electron chi connectivity index (χ4n) is 0.824. The van der Waals surface area contributed by atoms with Crippen molar-refractivity contribution in [1.29, 1.82) is 0 Å². The fraction of sp³-hybridized carbons (Fsp3) is 0.111. The highest BCUT2D eigenvalue weighted by molar-refractivity contribution is 6.36. The molecule has 1 aromatic rings. The molecule has 0 aliphatic carbocycles. The van der Waals surface area contributed by atoms with Gasteiger partial charge in [0.15, 0.2) is 0 Å². The summed E-state index contributed by atoms with van der Waals surface area (Å²) < 4.78 is 12.7. The molecule has 1 N–H and O–H groups in total. The molecule has 0 aromatic heterocycles. The lowest BCUT2D eigenvalue weighted by atomic mass is 10.3. The molecule has 1 aromatic carbocycles. The topological polar surface area (TPSA) is 12.0 Å². The summed E-state index contributed by atoms with van der Waals surface area (Å²) in [4.78, 5) is 0. The lowest BCUT2D eigenvalue weighted by Gasteiger charge is -2.04. The first kappa shape index (κ1) is 10.4. The normalized spacial score (nSPS) is 11.5. The Balaban J connectivity index is 2.55. The summed E-state index contributed by atoms with van der Waals surface area (Å²) in [7, 11) is 0. The van der Waals surface area contributed by atoms with Crippen molar-refractivity contribution in [2.45, 2.75) is 0 Å². The fourth-order valence-corrected chi connectivity index (χ4v) is 0.967. The van der Waals surface area contributed by atoms with Gasteiger partial charge >= 0.3 is 0 Å². The van der Waals surface area contributed by atoms with E-state index in [9.17, 15) is 4.39 Å². The molecular weight excluding hydrogens is 212 g/mol. The number of hydrogen-bond acceptors (Lipinski definition) is 1. The zero-order valence-corrected chi connectivity index (χ0v) is 8.24. The summed E-state index contributed by atoms with van der Waals surface area (Å²) in [6.07, 6.45) is 0. The molecule has 1 nitrogen and oxygen atoms in total. The summed E-state index contributed by atoms with van der Waals surface area (Å²) in [5, 5.41) is 3.39. The summed E-state index contributed by atoms with van der Waals surface area (Å²) in [5.41, 5.74) is 1.95. The first-order chi connectivity index (χ1) is 6.22. The van der Waals surface area contributed by atoms with Crippen LogP contribution >= 0.6 is 23.2 Å². The molecule has 13 heavy (non-hydrogen) atoms. The Morgan fingerprint density at radius 3 is 2.92 bits per heavy atom. The van der Waals surface area contributed by atoms with Gasteiger partial charge < -0.3 is 5.32 Å². The van der Waals surface area contributed by atoms with Crippen LogP contribution in [0.2, 0.25) is 0 Å². The van der Waals surface area contributed by atoms with Crippen LogP contribution in [0, 0.1) is 5.82 Å². The minimum atomic E-state index is -0.282. The van der Waals surface area contributed by atoms with Gasteiger partial charge in [-0.1, -0.05) is 29.3 Å². The number of nitrogens with one attached hydrogen (secondary N) is 1. The molecule has 0 amide bonds. The third-order valence-corrected chi connectivity index (χ3v) is 2.02. The van der Waals surface area contributed by atoms with E-state index in [-0.39, 0.29) is 5.82 Å². The van der Waals surface area contributed by atoms with Crippen molar-refractivity contribution in [3.63, 3.8) is 0 Å². The Hall–Kier alpha value is -0.730. The van der Waals surface area contributed by atoms with Gasteiger partial charge in [0, 0.05) is 16.3 Å². The molecule has 70 valence electrons.